The Labute approximate surface area is 191 Å². The molecular formula is C31H29N. The molecule has 0 bridgehead atoms. The van der Waals surface area contributed by atoms with E-state index in [2.05, 4.69) is 124 Å². The molecule has 1 unspecified atom stereocenters. The highest BCUT2D eigenvalue weighted by Gasteiger charge is 2.09. The van der Waals surface area contributed by atoms with E-state index in [-0.39, 0.29) is 6.04 Å². The molecule has 1 heteroatoms. The molecule has 4 aromatic rings. The van der Waals surface area contributed by atoms with Crippen LogP contribution in [0.3, 0.4) is 0 Å². The summed E-state index contributed by atoms with van der Waals surface area (Å²) in [5.74, 6) is 0. The van der Waals surface area contributed by atoms with Crippen LogP contribution >= 0.6 is 0 Å². The molecule has 0 aliphatic carbocycles. The minimum atomic E-state index is 0.0529. The van der Waals surface area contributed by atoms with Crippen molar-refractivity contribution in [1.29, 1.82) is 0 Å². The summed E-state index contributed by atoms with van der Waals surface area (Å²) in [5, 5.41) is 0. The highest BCUT2D eigenvalue weighted by Crippen LogP contribution is 2.25. The predicted molar refractivity (Wildman–Crippen MR) is 138 cm³/mol. The molecule has 0 N–H and O–H groups in total. The minimum Gasteiger partial charge on any atom is -0.277 e. The number of nitrogens with zero attached hydrogens (tertiary/aromatic N) is 1. The molecule has 0 heterocycles. The van der Waals surface area contributed by atoms with Gasteiger partial charge >= 0.3 is 0 Å². The Morgan fingerprint density at radius 2 is 1.16 bits per heavy atom. The van der Waals surface area contributed by atoms with Crippen molar-refractivity contribution in [3.05, 3.63) is 138 Å². The molecule has 32 heavy (non-hydrogen) atoms. The van der Waals surface area contributed by atoms with Crippen molar-refractivity contribution < 1.29 is 0 Å². The lowest BCUT2D eigenvalue weighted by atomic mass is 10.00. The second-order valence-electron chi connectivity index (χ2n) is 8.24. The van der Waals surface area contributed by atoms with Gasteiger partial charge in [0.2, 0.25) is 0 Å². The highest BCUT2D eigenvalue weighted by atomic mass is 14.8. The van der Waals surface area contributed by atoms with Gasteiger partial charge in [-0.05, 0) is 60.2 Å². The third kappa shape index (κ3) is 5.31. The molecule has 0 amide bonds. The maximum absolute atomic E-state index is 5.14. The molecule has 4 aromatic carbocycles. The molecule has 158 valence electrons. The number of hydrogen-bond acceptors (Lipinski definition) is 1. The van der Waals surface area contributed by atoms with Crippen LogP contribution in [0.25, 0.3) is 16.7 Å². The zero-order chi connectivity index (χ0) is 22.3. The average molecular weight is 416 g/mol. The average Bonchev–Trinajstić information content (AvgIpc) is 2.85. The van der Waals surface area contributed by atoms with Gasteiger partial charge in [-0.25, -0.2) is 0 Å². The van der Waals surface area contributed by atoms with E-state index in [0.29, 0.717) is 0 Å². The summed E-state index contributed by atoms with van der Waals surface area (Å²) in [7, 11) is 0. The molecule has 0 aromatic heterocycles. The van der Waals surface area contributed by atoms with Gasteiger partial charge in [0.25, 0.3) is 0 Å². The first-order valence-electron chi connectivity index (χ1n) is 11.1. The lowest BCUT2D eigenvalue weighted by Crippen LogP contribution is -2.02. The Morgan fingerprint density at radius 1 is 0.656 bits per heavy atom. The van der Waals surface area contributed by atoms with E-state index in [4.69, 9.17) is 4.99 Å². The fourth-order valence-corrected chi connectivity index (χ4v) is 3.78. The van der Waals surface area contributed by atoms with Gasteiger partial charge in [-0.3, -0.25) is 4.99 Å². The molecule has 0 saturated carbocycles. The number of benzene rings is 4. The van der Waals surface area contributed by atoms with Crippen LogP contribution in [0.4, 0.5) is 0 Å². The zero-order valence-electron chi connectivity index (χ0n) is 19.0. The number of allylic oxidation sites excluding steroid dienone is 2. The molecule has 1 atom stereocenters. The fourth-order valence-electron chi connectivity index (χ4n) is 3.78. The second kappa shape index (κ2) is 10.1. The first-order valence-corrected chi connectivity index (χ1v) is 11.1. The summed E-state index contributed by atoms with van der Waals surface area (Å²) in [4.78, 5) is 5.14. The van der Waals surface area contributed by atoms with Crippen LogP contribution in [0, 0.1) is 6.92 Å². The Kier molecular flexibility index (Phi) is 6.77. The van der Waals surface area contributed by atoms with Crippen molar-refractivity contribution in [2.24, 2.45) is 4.99 Å². The molecule has 0 saturated heterocycles. The molecule has 0 radical (unpaired) electrons. The van der Waals surface area contributed by atoms with E-state index in [0.717, 1.165) is 11.3 Å². The smallest absolute Gasteiger partial charge is 0.0728 e. The van der Waals surface area contributed by atoms with Gasteiger partial charge in [0.15, 0.2) is 0 Å². The molecule has 0 aliphatic heterocycles. The normalized spacial score (nSPS) is 13.1. The molecule has 0 fully saturated rings. The number of hydrogen-bond donors (Lipinski definition) is 0. The summed E-state index contributed by atoms with van der Waals surface area (Å²) in [6, 6.07) is 38.4. The van der Waals surface area contributed by atoms with Crippen molar-refractivity contribution >= 4 is 11.3 Å². The SMILES string of the molecule is C/C(=C\C(=N/C(C)c1ccc(-c2ccc(C)cc2)cc1)c1ccccc1)c1ccccc1. The minimum absolute atomic E-state index is 0.0529. The summed E-state index contributed by atoms with van der Waals surface area (Å²) < 4.78 is 0. The summed E-state index contributed by atoms with van der Waals surface area (Å²) >= 11 is 0. The van der Waals surface area contributed by atoms with Gasteiger partial charge in [0.05, 0.1) is 11.8 Å². The van der Waals surface area contributed by atoms with Gasteiger partial charge in [-0.15, -0.1) is 0 Å². The monoisotopic (exact) mass is 415 g/mol. The van der Waals surface area contributed by atoms with Crippen LogP contribution in [-0.4, -0.2) is 5.71 Å². The van der Waals surface area contributed by atoms with Gasteiger partial charge in [0, 0.05) is 0 Å². The molecular weight excluding hydrogens is 386 g/mol. The van der Waals surface area contributed by atoms with Crippen molar-refractivity contribution in [3.8, 4) is 11.1 Å². The maximum atomic E-state index is 5.14. The second-order valence-corrected chi connectivity index (χ2v) is 8.24. The van der Waals surface area contributed by atoms with E-state index in [1.807, 2.05) is 12.1 Å². The Balaban J connectivity index is 1.64. The number of rotatable bonds is 6. The van der Waals surface area contributed by atoms with E-state index < -0.39 is 0 Å². The Morgan fingerprint density at radius 3 is 1.72 bits per heavy atom. The summed E-state index contributed by atoms with van der Waals surface area (Å²) in [6.45, 7) is 6.43. The zero-order valence-corrected chi connectivity index (χ0v) is 19.0. The van der Waals surface area contributed by atoms with Crippen LogP contribution in [0.2, 0.25) is 0 Å². The van der Waals surface area contributed by atoms with Gasteiger partial charge < -0.3 is 0 Å². The Bertz CT molecular complexity index is 1200. The lowest BCUT2D eigenvalue weighted by molar-refractivity contribution is 0.822. The van der Waals surface area contributed by atoms with Crippen molar-refractivity contribution in [2.45, 2.75) is 26.8 Å². The molecule has 1 nitrogen and oxygen atoms in total. The fraction of sp³-hybridized carbons (Fsp3) is 0.129. The molecule has 0 aliphatic rings. The van der Waals surface area contributed by atoms with Crippen LogP contribution < -0.4 is 0 Å². The maximum Gasteiger partial charge on any atom is 0.0728 e. The van der Waals surface area contributed by atoms with Crippen LogP contribution in [0.15, 0.2) is 120 Å². The summed E-state index contributed by atoms with van der Waals surface area (Å²) in [5.41, 5.74) is 9.51. The third-order valence-corrected chi connectivity index (χ3v) is 5.76. The standard InChI is InChI=1S/C31H29N/c1-23-14-16-28(17-15-23)29-20-18-27(19-21-29)25(3)32-31(30-12-8-5-9-13-30)22-24(2)26-10-6-4-7-11-26/h4-22,25H,1-3H3/b24-22+,32-31+. The van der Waals surface area contributed by atoms with Crippen LogP contribution in [0.5, 0.6) is 0 Å². The van der Waals surface area contributed by atoms with E-state index in [1.165, 1.54) is 33.4 Å². The Hall–Kier alpha value is -3.71. The van der Waals surface area contributed by atoms with Crippen LogP contribution in [0.1, 0.15) is 42.1 Å². The number of aliphatic imine (C=N–C) groups is 1. The van der Waals surface area contributed by atoms with Crippen molar-refractivity contribution in [3.63, 3.8) is 0 Å². The van der Waals surface area contributed by atoms with Crippen molar-refractivity contribution in [1.82, 2.24) is 0 Å². The van der Waals surface area contributed by atoms with Gasteiger partial charge in [-0.1, -0.05) is 115 Å². The quantitative estimate of drug-likeness (QED) is 0.281. The largest absolute Gasteiger partial charge is 0.277 e. The topological polar surface area (TPSA) is 12.4 Å². The first-order chi connectivity index (χ1) is 15.6. The van der Waals surface area contributed by atoms with E-state index in [9.17, 15) is 0 Å². The van der Waals surface area contributed by atoms with E-state index >= 15 is 0 Å². The lowest BCUT2D eigenvalue weighted by Gasteiger charge is -2.12. The highest BCUT2D eigenvalue weighted by molar-refractivity contribution is 6.12. The molecule has 0 spiro atoms. The van der Waals surface area contributed by atoms with E-state index in [1.54, 1.807) is 0 Å². The predicted octanol–water partition coefficient (Wildman–Crippen LogP) is 8.32. The summed E-state index contributed by atoms with van der Waals surface area (Å²) in [6.07, 6.45) is 2.20. The van der Waals surface area contributed by atoms with Gasteiger partial charge in [0.1, 0.15) is 0 Å². The molecule has 4 rings (SSSR count). The van der Waals surface area contributed by atoms with Gasteiger partial charge in [-0.2, -0.15) is 0 Å². The third-order valence-electron chi connectivity index (χ3n) is 5.76. The van der Waals surface area contributed by atoms with Crippen LogP contribution in [-0.2, 0) is 0 Å². The number of aryl methyl sites for hydroxylation is 1. The first kappa shape index (κ1) is 21.5. The van der Waals surface area contributed by atoms with Crippen molar-refractivity contribution in [2.75, 3.05) is 0 Å².